The van der Waals surface area contributed by atoms with Crippen molar-refractivity contribution in [3.05, 3.63) is 35.9 Å². The average Bonchev–Trinajstić information content (AvgIpc) is 2.55. The minimum absolute atomic E-state index is 0.0628. The Bertz CT molecular complexity index is 575. The maximum Gasteiger partial charge on any atom is 0.326 e. The van der Waals surface area contributed by atoms with Crippen LogP contribution in [0, 0.1) is 0 Å². The van der Waals surface area contributed by atoms with Gasteiger partial charge in [0.25, 0.3) is 0 Å². The molecular formula is C17H21NO4S. The van der Waals surface area contributed by atoms with E-state index in [0.717, 1.165) is 24.6 Å². The number of carboxylic acids is 1. The van der Waals surface area contributed by atoms with Crippen LogP contribution >= 0.6 is 11.8 Å². The lowest BCUT2D eigenvalue weighted by molar-refractivity contribution is -0.154. The first-order valence-electron chi connectivity index (χ1n) is 7.77. The molecule has 0 saturated carbocycles. The van der Waals surface area contributed by atoms with Crippen molar-refractivity contribution in [1.29, 1.82) is 0 Å². The van der Waals surface area contributed by atoms with Gasteiger partial charge in [-0.25, -0.2) is 4.79 Å². The van der Waals surface area contributed by atoms with Gasteiger partial charge in [-0.1, -0.05) is 42.1 Å². The van der Waals surface area contributed by atoms with Crippen molar-refractivity contribution in [3.63, 3.8) is 0 Å². The molecule has 1 fully saturated rings. The minimum Gasteiger partial charge on any atom is -0.480 e. The standard InChI is InChI=1S/C17H21NO4S/c1-12-6-5-9-14(16(20)21)18(12)15(19)10-11-23-17(22)13-7-3-2-4-8-13/h2-4,7-8,12,14H,5-6,9-11H2,1H3,(H,20,21)/t12-,14-/m1/s1. The molecule has 0 bridgehead atoms. The minimum atomic E-state index is -0.946. The lowest BCUT2D eigenvalue weighted by Crippen LogP contribution is -2.52. The molecule has 6 heteroatoms. The fraction of sp³-hybridized carbons (Fsp3) is 0.471. The van der Waals surface area contributed by atoms with Gasteiger partial charge >= 0.3 is 5.97 Å². The number of thioether (sulfide) groups is 1. The molecule has 1 aliphatic rings. The van der Waals surface area contributed by atoms with E-state index in [9.17, 15) is 19.5 Å². The first-order valence-corrected chi connectivity index (χ1v) is 8.75. The molecule has 1 heterocycles. The fourth-order valence-corrected chi connectivity index (χ4v) is 3.64. The van der Waals surface area contributed by atoms with Crippen LogP contribution in [0.3, 0.4) is 0 Å². The predicted octanol–water partition coefficient (Wildman–Crippen LogP) is 2.80. The fourth-order valence-electron chi connectivity index (χ4n) is 2.87. The molecule has 0 spiro atoms. The van der Waals surface area contributed by atoms with Crippen LogP contribution in [0.25, 0.3) is 0 Å². The van der Waals surface area contributed by atoms with Crippen LogP contribution in [0.2, 0.25) is 0 Å². The van der Waals surface area contributed by atoms with E-state index in [2.05, 4.69) is 0 Å². The highest BCUT2D eigenvalue weighted by Crippen LogP contribution is 2.24. The highest BCUT2D eigenvalue weighted by molar-refractivity contribution is 8.14. The van der Waals surface area contributed by atoms with Gasteiger partial charge in [-0.3, -0.25) is 9.59 Å². The van der Waals surface area contributed by atoms with Crippen molar-refractivity contribution in [2.75, 3.05) is 5.75 Å². The van der Waals surface area contributed by atoms with Gasteiger partial charge in [-0.2, -0.15) is 0 Å². The zero-order valence-electron chi connectivity index (χ0n) is 13.1. The number of piperidine rings is 1. The highest BCUT2D eigenvalue weighted by atomic mass is 32.2. The summed E-state index contributed by atoms with van der Waals surface area (Å²) in [6.07, 6.45) is 2.33. The largest absolute Gasteiger partial charge is 0.480 e. The van der Waals surface area contributed by atoms with Gasteiger partial charge in [0.15, 0.2) is 0 Å². The van der Waals surface area contributed by atoms with Crippen LogP contribution in [-0.4, -0.2) is 44.8 Å². The zero-order chi connectivity index (χ0) is 16.8. The Kier molecular flexibility index (Phi) is 6.21. The molecule has 0 unspecified atom stereocenters. The maximum absolute atomic E-state index is 12.4. The molecule has 0 radical (unpaired) electrons. The number of rotatable bonds is 5. The topological polar surface area (TPSA) is 74.7 Å². The number of likely N-dealkylation sites (tertiary alicyclic amines) is 1. The van der Waals surface area contributed by atoms with Gasteiger partial charge < -0.3 is 10.0 Å². The molecule has 1 saturated heterocycles. The maximum atomic E-state index is 12.4. The number of aliphatic carboxylic acids is 1. The number of carboxylic acid groups (broad SMARTS) is 1. The monoisotopic (exact) mass is 335 g/mol. The van der Waals surface area contributed by atoms with Crippen molar-refractivity contribution in [2.24, 2.45) is 0 Å². The molecule has 0 aliphatic carbocycles. The van der Waals surface area contributed by atoms with E-state index in [4.69, 9.17) is 0 Å². The first-order chi connectivity index (χ1) is 11.0. The van der Waals surface area contributed by atoms with Crippen LogP contribution in [-0.2, 0) is 9.59 Å². The summed E-state index contributed by atoms with van der Waals surface area (Å²) < 4.78 is 0. The SMILES string of the molecule is C[C@@H]1CCC[C@H](C(=O)O)N1C(=O)CCSC(=O)c1ccccc1. The molecular weight excluding hydrogens is 314 g/mol. The summed E-state index contributed by atoms with van der Waals surface area (Å²) >= 11 is 1.10. The third kappa shape index (κ3) is 4.58. The van der Waals surface area contributed by atoms with Crippen molar-refractivity contribution in [1.82, 2.24) is 4.90 Å². The molecule has 1 aliphatic heterocycles. The van der Waals surface area contributed by atoms with Crippen molar-refractivity contribution in [2.45, 2.75) is 44.7 Å². The summed E-state index contributed by atoms with van der Waals surface area (Å²) in [5.41, 5.74) is 0.611. The van der Waals surface area contributed by atoms with Gasteiger partial charge in [0.1, 0.15) is 6.04 Å². The molecule has 1 aromatic rings. The second kappa shape index (κ2) is 8.15. The zero-order valence-corrected chi connectivity index (χ0v) is 13.9. The van der Waals surface area contributed by atoms with Crippen molar-refractivity contribution < 1.29 is 19.5 Å². The highest BCUT2D eigenvalue weighted by Gasteiger charge is 2.35. The number of hydrogen-bond donors (Lipinski definition) is 1. The summed E-state index contributed by atoms with van der Waals surface area (Å²) in [6.45, 7) is 1.88. The van der Waals surface area contributed by atoms with Gasteiger partial charge in [-0.15, -0.1) is 0 Å². The third-order valence-corrected chi connectivity index (χ3v) is 4.95. The molecule has 2 atom stereocenters. The van der Waals surface area contributed by atoms with Gasteiger partial charge in [0.2, 0.25) is 11.0 Å². The summed E-state index contributed by atoms with van der Waals surface area (Å²) in [5.74, 6) is -0.766. The Hall–Kier alpha value is -1.82. The van der Waals surface area contributed by atoms with Gasteiger partial charge in [0, 0.05) is 23.8 Å². The Morgan fingerprint density at radius 1 is 1.22 bits per heavy atom. The smallest absolute Gasteiger partial charge is 0.326 e. The van der Waals surface area contributed by atoms with E-state index < -0.39 is 12.0 Å². The quantitative estimate of drug-likeness (QED) is 0.895. The summed E-state index contributed by atoms with van der Waals surface area (Å²) in [6, 6.07) is 8.12. The van der Waals surface area contributed by atoms with Gasteiger partial charge in [0.05, 0.1) is 0 Å². The Labute approximate surface area is 140 Å². The molecule has 124 valence electrons. The van der Waals surface area contributed by atoms with Gasteiger partial charge in [-0.05, 0) is 26.2 Å². The molecule has 1 amide bonds. The van der Waals surface area contributed by atoms with Crippen LogP contribution < -0.4 is 0 Å². The predicted molar refractivity (Wildman–Crippen MR) is 89.4 cm³/mol. The Morgan fingerprint density at radius 3 is 2.57 bits per heavy atom. The molecule has 0 aromatic heterocycles. The molecule has 2 rings (SSSR count). The van der Waals surface area contributed by atoms with E-state index in [1.54, 1.807) is 24.3 Å². The molecule has 1 aromatic carbocycles. The Balaban J connectivity index is 1.88. The molecule has 5 nitrogen and oxygen atoms in total. The van der Waals surface area contributed by atoms with E-state index in [0.29, 0.717) is 17.7 Å². The molecule has 23 heavy (non-hydrogen) atoms. The number of carbonyl (C=O) groups is 3. The number of amides is 1. The number of hydrogen-bond acceptors (Lipinski definition) is 4. The van der Waals surface area contributed by atoms with Crippen LogP contribution in [0.5, 0.6) is 0 Å². The van der Waals surface area contributed by atoms with Crippen LogP contribution in [0.1, 0.15) is 43.0 Å². The summed E-state index contributed by atoms with van der Waals surface area (Å²) in [7, 11) is 0. The normalized spacial score (nSPS) is 21.0. The van der Waals surface area contributed by atoms with E-state index in [-0.39, 0.29) is 23.5 Å². The van der Waals surface area contributed by atoms with Crippen LogP contribution in [0.4, 0.5) is 0 Å². The number of benzene rings is 1. The van der Waals surface area contributed by atoms with Crippen molar-refractivity contribution >= 4 is 28.8 Å². The second-order valence-electron chi connectivity index (χ2n) is 5.69. The van der Waals surface area contributed by atoms with E-state index in [1.165, 1.54) is 4.90 Å². The molecule has 1 N–H and O–H groups in total. The summed E-state index contributed by atoms with van der Waals surface area (Å²) in [4.78, 5) is 37.2. The van der Waals surface area contributed by atoms with E-state index in [1.807, 2.05) is 13.0 Å². The first kappa shape index (κ1) is 17.5. The average molecular weight is 335 g/mol. The third-order valence-electron chi connectivity index (χ3n) is 4.04. The summed E-state index contributed by atoms with van der Waals surface area (Å²) in [5, 5.41) is 9.21. The Morgan fingerprint density at radius 2 is 1.91 bits per heavy atom. The lowest BCUT2D eigenvalue weighted by Gasteiger charge is -2.38. The number of nitrogens with zero attached hydrogens (tertiary/aromatic N) is 1. The van der Waals surface area contributed by atoms with Crippen molar-refractivity contribution in [3.8, 4) is 0 Å². The van der Waals surface area contributed by atoms with E-state index >= 15 is 0 Å². The number of carbonyl (C=O) groups excluding carboxylic acids is 2. The second-order valence-corrected chi connectivity index (χ2v) is 6.75. The lowest BCUT2D eigenvalue weighted by atomic mass is 9.96. The van der Waals surface area contributed by atoms with Crippen LogP contribution in [0.15, 0.2) is 30.3 Å².